The molecule has 2 N–H and O–H groups in total. The Morgan fingerprint density at radius 1 is 1.59 bits per heavy atom. The van der Waals surface area contributed by atoms with Crippen LogP contribution in [0.2, 0.25) is 0 Å². The molecule has 1 fully saturated rings. The third kappa shape index (κ3) is 2.35. The van der Waals surface area contributed by atoms with Gasteiger partial charge in [-0.15, -0.1) is 0 Å². The lowest BCUT2D eigenvalue weighted by Crippen LogP contribution is -2.40. The van der Waals surface area contributed by atoms with Gasteiger partial charge in [0.2, 0.25) is 0 Å². The number of rotatable bonds is 1. The van der Waals surface area contributed by atoms with E-state index >= 15 is 0 Å². The van der Waals surface area contributed by atoms with Gasteiger partial charge in [0.25, 0.3) is 5.91 Å². The second-order valence-electron chi connectivity index (χ2n) is 4.32. The first-order chi connectivity index (χ1) is 8.00. The molecule has 92 valence electrons. The molecule has 1 aliphatic rings. The van der Waals surface area contributed by atoms with Crippen LogP contribution >= 0.6 is 15.9 Å². The summed E-state index contributed by atoms with van der Waals surface area (Å²) in [6, 6.07) is 4.44. The van der Waals surface area contributed by atoms with Gasteiger partial charge in [0.05, 0.1) is 4.47 Å². The van der Waals surface area contributed by atoms with Crippen LogP contribution in [0.3, 0.4) is 0 Å². The molecular weight excluding hydrogens is 287 g/mol. The molecule has 1 saturated heterocycles. The van der Waals surface area contributed by atoms with Crippen LogP contribution in [0, 0.1) is 5.82 Å². The van der Waals surface area contributed by atoms with Crippen molar-refractivity contribution in [2.75, 3.05) is 6.54 Å². The minimum atomic E-state index is -0.424. The van der Waals surface area contributed by atoms with Crippen molar-refractivity contribution >= 4 is 21.8 Å². The predicted octanol–water partition coefficient (Wildman–Crippen LogP) is 2.15. The summed E-state index contributed by atoms with van der Waals surface area (Å²) >= 11 is 3.06. The van der Waals surface area contributed by atoms with Gasteiger partial charge < -0.3 is 10.6 Å². The van der Waals surface area contributed by atoms with Crippen molar-refractivity contribution in [3.63, 3.8) is 0 Å². The maximum absolute atomic E-state index is 13.4. The van der Waals surface area contributed by atoms with Crippen molar-refractivity contribution in [3.05, 3.63) is 34.1 Å². The number of halogens is 2. The number of likely N-dealkylation sites (tertiary alicyclic amines) is 1. The summed E-state index contributed by atoms with van der Waals surface area (Å²) in [5.74, 6) is -0.580. The van der Waals surface area contributed by atoms with Gasteiger partial charge in [-0.2, -0.15) is 0 Å². The molecule has 1 aromatic rings. The molecule has 1 aliphatic heterocycles. The van der Waals surface area contributed by atoms with E-state index in [0.29, 0.717) is 16.6 Å². The number of carbonyl (C=O) groups is 1. The van der Waals surface area contributed by atoms with Crippen molar-refractivity contribution in [3.8, 4) is 0 Å². The van der Waals surface area contributed by atoms with Gasteiger partial charge in [0.1, 0.15) is 5.82 Å². The van der Waals surface area contributed by atoms with Crippen LogP contribution in [0.15, 0.2) is 22.7 Å². The van der Waals surface area contributed by atoms with Gasteiger partial charge in [0.15, 0.2) is 0 Å². The maximum Gasteiger partial charge on any atom is 0.254 e. The van der Waals surface area contributed by atoms with E-state index in [2.05, 4.69) is 15.9 Å². The Morgan fingerprint density at radius 3 is 2.82 bits per heavy atom. The van der Waals surface area contributed by atoms with Gasteiger partial charge in [-0.3, -0.25) is 4.79 Å². The highest BCUT2D eigenvalue weighted by atomic mass is 79.9. The molecule has 0 spiro atoms. The topological polar surface area (TPSA) is 46.3 Å². The number of hydrogen-bond donors (Lipinski definition) is 1. The number of amides is 1. The van der Waals surface area contributed by atoms with Crippen molar-refractivity contribution < 1.29 is 9.18 Å². The summed E-state index contributed by atoms with van der Waals surface area (Å²) in [6.07, 6.45) is 0.798. The van der Waals surface area contributed by atoms with Crippen molar-refractivity contribution in [1.82, 2.24) is 4.90 Å². The lowest BCUT2D eigenvalue weighted by atomic mass is 10.1. The molecule has 2 unspecified atom stereocenters. The van der Waals surface area contributed by atoms with Gasteiger partial charge in [-0.25, -0.2) is 4.39 Å². The van der Waals surface area contributed by atoms with Crippen molar-refractivity contribution in [2.24, 2.45) is 5.73 Å². The van der Waals surface area contributed by atoms with Crippen LogP contribution < -0.4 is 5.73 Å². The molecular formula is C12H14BrFN2O. The lowest BCUT2D eigenvalue weighted by molar-refractivity contribution is 0.0742. The van der Waals surface area contributed by atoms with E-state index in [1.165, 1.54) is 6.07 Å². The number of nitrogens with zero attached hydrogens (tertiary/aromatic N) is 1. The predicted molar refractivity (Wildman–Crippen MR) is 67.2 cm³/mol. The highest BCUT2D eigenvalue weighted by Gasteiger charge is 2.31. The molecule has 0 aliphatic carbocycles. The Morgan fingerprint density at radius 2 is 2.29 bits per heavy atom. The molecule has 5 heteroatoms. The molecule has 0 radical (unpaired) electrons. The maximum atomic E-state index is 13.4. The van der Waals surface area contributed by atoms with E-state index < -0.39 is 5.82 Å². The third-order valence-electron chi connectivity index (χ3n) is 3.24. The Balaban J connectivity index is 2.22. The van der Waals surface area contributed by atoms with Crippen LogP contribution in [0.25, 0.3) is 0 Å². The molecule has 0 saturated carbocycles. The molecule has 1 heterocycles. The first kappa shape index (κ1) is 12.5. The fraction of sp³-hybridized carbons (Fsp3) is 0.417. The molecule has 2 rings (SSSR count). The lowest BCUT2D eigenvalue weighted by Gasteiger charge is -2.23. The SMILES string of the molecule is CC1C(N)CCN1C(=O)c1ccc(Br)c(F)c1. The number of nitrogens with two attached hydrogens (primary N) is 1. The monoisotopic (exact) mass is 300 g/mol. The third-order valence-corrected chi connectivity index (χ3v) is 3.89. The largest absolute Gasteiger partial charge is 0.334 e. The van der Waals surface area contributed by atoms with Crippen molar-refractivity contribution in [1.29, 1.82) is 0 Å². The van der Waals surface area contributed by atoms with E-state index in [1.807, 2.05) is 6.92 Å². The Labute approximate surface area is 108 Å². The van der Waals surface area contributed by atoms with Crippen LogP contribution in [-0.4, -0.2) is 29.4 Å². The smallest absolute Gasteiger partial charge is 0.254 e. The van der Waals surface area contributed by atoms with Crippen LogP contribution in [-0.2, 0) is 0 Å². The van der Waals surface area contributed by atoms with Crippen LogP contribution in [0.5, 0.6) is 0 Å². The first-order valence-corrected chi connectivity index (χ1v) is 6.31. The van der Waals surface area contributed by atoms with Gasteiger partial charge in [-0.1, -0.05) is 0 Å². The number of hydrogen-bond acceptors (Lipinski definition) is 2. The summed E-state index contributed by atoms with van der Waals surface area (Å²) in [7, 11) is 0. The fourth-order valence-electron chi connectivity index (χ4n) is 2.05. The zero-order valence-electron chi connectivity index (χ0n) is 9.49. The van der Waals surface area contributed by atoms with Crippen molar-refractivity contribution in [2.45, 2.75) is 25.4 Å². The summed E-state index contributed by atoms with van der Waals surface area (Å²) in [6.45, 7) is 2.56. The molecule has 2 atom stereocenters. The minimum Gasteiger partial charge on any atom is -0.334 e. The quantitative estimate of drug-likeness (QED) is 0.864. The second-order valence-corrected chi connectivity index (χ2v) is 5.17. The standard InChI is InChI=1S/C12H14BrFN2O/c1-7-11(15)4-5-16(7)12(17)8-2-3-9(13)10(14)6-8/h2-3,6-7,11H,4-5,15H2,1H3. The average molecular weight is 301 g/mol. The van der Waals surface area contributed by atoms with Crippen LogP contribution in [0.4, 0.5) is 4.39 Å². The van der Waals surface area contributed by atoms with Gasteiger partial charge in [0, 0.05) is 24.2 Å². The summed E-state index contributed by atoms with van der Waals surface area (Å²) in [5, 5.41) is 0. The minimum absolute atomic E-state index is 0.00853. The number of carbonyl (C=O) groups excluding carboxylic acids is 1. The van der Waals surface area contributed by atoms with E-state index in [-0.39, 0.29) is 18.0 Å². The molecule has 1 aromatic carbocycles. The molecule has 17 heavy (non-hydrogen) atoms. The fourth-order valence-corrected chi connectivity index (χ4v) is 2.29. The normalized spacial score (nSPS) is 24.1. The van der Waals surface area contributed by atoms with E-state index in [9.17, 15) is 9.18 Å². The molecule has 3 nitrogen and oxygen atoms in total. The Hall–Kier alpha value is -0.940. The Kier molecular flexibility index (Phi) is 3.49. The summed E-state index contributed by atoms with van der Waals surface area (Å²) < 4.78 is 13.7. The first-order valence-electron chi connectivity index (χ1n) is 5.52. The zero-order chi connectivity index (χ0) is 12.6. The zero-order valence-corrected chi connectivity index (χ0v) is 11.1. The van der Waals surface area contributed by atoms with Crippen LogP contribution in [0.1, 0.15) is 23.7 Å². The molecule has 1 amide bonds. The summed E-state index contributed by atoms with van der Waals surface area (Å²) in [4.78, 5) is 13.9. The van der Waals surface area contributed by atoms with E-state index in [0.717, 1.165) is 6.42 Å². The van der Waals surface area contributed by atoms with E-state index in [4.69, 9.17) is 5.73 Å². The Bertz CT molecular complexity index is 452. The van der Waals surface area contributed by atoms with Gasteiger partial charge in [-0.05, 0) is 47.5 Å². The van der Waals surface area contributed by atoms with Gasteiger partial charge >= 0.3 is 0 Å². The summed E-state index contributed by atoms with van der Waals surface area (Å²) in [5.41, 5.74) is 6.23. The second kappa shape index (κ2) is 4.74. The number of benzene rings is 1. The average Bonchev–Trinajstić information content (AvgIpc) is 2.63. The molecule has 0 bridgehead atoms. The highest BCUT2D eigenvalue weighted by Crippen LogP contribution is 2.21. The van der Waals surface area contributed by atoms with E-state index in [1.54, 1.807) is 17.0 Å². The molecule has 0 aromatic heterocycles. The highest BCUT2D eigenvalue weighted by molar-refractivity contribution is 9.10.